The third-order valence-electron chi connectivity index (χ3n) is 4.66. The molecule has 0 radical (unpaired) electrons. The van der Waals surface area contributed by atoms with Crippen molar-refractivity contribution in [3.8, 4) is 11.4 Å². The van der Waals surface area contributed by atoms with Gasteiger partial charge in [0.05, 0.1) is 0 Å². The molecule has 1 aromatic heterocycles. The third-order valence-corrected chi connectivity index (χ3v) is 4.91. The van der Waals surface area contributed by atoms with Gasteiger partial charge in [0.1, 0.15) is 0 Å². The molecule has 1 unspecified atom stereocenters. The van der Waals surface area contributed by atoms with Gasteiger partial charge in [0.2, 0.25) is 11.7 Å². The second kappa shape index (κ2) is 9.77. The summed E-state index contributed by atoms with van der Waals surface area (Å²) in [6.45, 7) is 7.81. The molecule has 146 valence electrons. The van der Waals surface area contributed by atoms with E-state index in [1.54, 1.807) is 12.1 Å². The number of amides is 1. The van der Waals surface area contributed by atoms with Gasteiger partial charge >= 0.3 is 0 Å². The molecule has 2 N–H and O–H groups in total. The summed E-state index contributed by atoms with van der Waals surface area (Å²) in [7, 11) is 0. The van der Waals surface area contributed by atoms with E-state index in [4.69, 9.17) is 11.6 Å². The van der Waals surface area contributed by atoms with E-state index in [-0.39, 0.29) is 5.91 Å². The maximum Gasteiger partial charge on any atom is 0.246 e. The highest BCUT2D eigenvalue weighted by molar-refractivity contribution is 6.30. The van der Waals surface area contributed by atoms with Crippen LogP contribution < -0.4 is 10.6 Å². The molecular formula is C18H26ClN7O. The smallest absolute Gasteiger partial charge is 0.246 e. The SMILES string of the molecule is CCC(C(=O)NCCCN1CCNCC1)n1nnc(-c2ccc(Cl)cc2)n1. The zero-order chi connectivity index (χ0) is 19.1. The van der Waals surface area contributed by atoms with E-state index in [0.717, 1.165) is 44.7 Å². The van der Waals surface area contributed by atoms with Gasteiger partial charge in [0, 0.05) is 43.3 Å². The standard InChI is InChI=1S/C18H26ClN7O/c1-2-16(18(27)21-8-3-11-25-12-9-20-10-13-25)26-23-17(22-24-26)14-4-6-15(19)7-5-14/h4-7,16,20H,2-3,8-13H2,1H3,(H,21,27). The van der Waals surface area contributed by atoms with Crippen molar-refractivity contribution in [2.75, 3.05) is 39.3 Å². The normalized spacial score (nSPS) is 16.2. The molecule has 1 fully saturated rings. The number of tetrazole rings is 1. The Morgan fingerprint density at radius 3 is 2.74 bits per heavy atom. The van der Waals surface area contributed by atoms with Crippen LogP contribution in [-0.4, -0.2) is 70.3 Å². The first-order valence-electron chi connectivity index (χ1n) is 9.43. The van der Waals surface area contributed by atoms with Crippen LogP contribution in [0.4, 0.5) is 0 Å². The second-order valence-corrected chi connectivity index (χ2v) is 7.04. The van der Waals surface area contributed by atoms with E-state index in [0.29, 0.717) is 23.8 Å². The lowest BCUT2D eigenvalue weighted by molar-refractivity contribution is -0.125. The Bertz CT molecular complexity index is 728. The highest BCUT2D eigenvalue weighted by Crippen LogP contribution is 2.18. The molecule has 1 atom stereocenters. The summed E-state index contributed by atoms with van der Waals surface area (Å²) < 4.78 is 0. The molecule has 0 bridgehead atoms. The molecule has 2 heterocycles. The fourth-order valence-electron chi connectivity index (χ4n) is 3.09. The lowest BCUT2D eigenvalue weighted by atomic mass is 10.2. The number of benzene rings is 1. The topological polar surface area (TPSA) is 88.0 Å². The summed E-state index contributed by atoms with van der Waals surface area (Å²) in [6.07, 6.45) is 1.53. The van der Waals surface area contributed by atoms with Crippen LogP contribution in [0, 0.1) is 0 Å². The highest BCUT2D eigenvalue weighted by Gasteiger charge is 2.21. The maximum absolute atomic E-state index is 12.5. The number of hydrogen-bond acceptors (Lipinski definition) is 6. The Labute approximate surface area is 164 Å². The average Bonchev–Trinajstić information content (AvgIpc) is 3.17. The highest BCUT2D eigenvalue weighted by atomic mass is 35.5. The molecule has 9 heteroatoms. The van der Waals surface area contributed by atoms with Crippen molar-refractivity contribution in [2.45, 2.75) is 25.8 Å². The Hall–Kier alpha value is -2.03. The number of carbonyl (C=O) groups excluding carboxylic acids is 1. The lowest BCUT2D eigenvalue weighted by Gasteiger charge is -2.27. The fourth-order valence-corrected chi connectivity index (χ4v) is 3.22. The zero-order valence-corrected chi connectivity index (χ0v) is 16.3. The van der Waals surface area contributed by atoms with Crippen molar-refractivity contribution in [3.05, 3.63) is 29.3 Å². The van der Waals surface area contributed by atoms with E-state index >= 15 is 0 Å². The van der Waals surface area contributed by atoms with Crippen LogP contribution in [0.25, 0.3) is 11.4 Å². The van der Waals surface area contributed by atoms with Crippen LogP contribution in [-0.2, 0) is 4.79 Å². The number of carbonyl (C=O) groups is 1. The number of rotatable bonds is 8. The minimum Gasteiger partial charge on any atom is -0.354 e. The van der Waals surface area contributed by atoms with Crippen molar-refractivity contribution in [2.24, 2.45) is 0 Å². The number of halogens is 1. The van der Waals surface area contributed by atoms with Gasteiger partial charge in [-0.3, -0.25) is 4.79 Å². The summed E-state index contributed by atoms with van der Waals surface area (Å²) in [5.74, 6) is 0.412. The molecule has 1 aliphatic heterocycles. The summed E-state index contributed by atoms with van der Waals surface area (Å²) in [5, 5.41) is 19.5. The van der Waals surface area contributed by atoms with Gasteiger partial charge in [-0.05, 0) is 48.9 Å². The molecule has 8 nitrogen and oxygen atoms in total. The first kappa shape index (κ1) is 19.7. The fraction of sp³-hybridized carbons (Fsp3) is 0.556. The molecule has 0 spiro atoms. The molecule has 2 aromatic rings. The van der Waals surface area contributed by atoms with Crippen molar-refractivity contribution >= 4 is 17.5 Å². The first-order valence-corrected chi connectivity index (χ1v) is 9.81. The van der Waals surface area contributed by atoms with E-state index in [2.05, 4.69) is 30.9 Å². The molecule has 0 saturated carbocycles. The molecule has 3 rings (SSSR count). The van der Waals surface area contributed by atoms with Gasteiger partial charge in [-0.15, -0.1) is 10.2 Å². The van der Waals surface area contributed by atoms with Crippen LogP contribution in [0.15, 0.2) is 24.3 Å². The van der Waals surface area contributed by atoms with Gasteiger partial charge in [0.15, 0.2) is 6.04 Å². The van der Waals surface area contributed by atoms with E-state index in [1.807, 2.05) is 19.1 Å². The van der Waals surface area contributed by atoms with Crippen LogP contribution in [0.5, 0.6) is 0 Å². The first-order chi connectivity index (χ1) is 13.2. The number of nitrogens with zero attached hydrogens (tertiary/aromatic N) is 5. The Morgan fingerprint density at radius 2 is 2.04 bits per heavy atom. The van der Waals surface area contributed by atoms with Gasteiger partial charge in [-0.2, -0.15) is 4.80 Å². The molecule has 1 aliphatic rings. The maximum atomic E-state index is 12.5. The van der Waals surface area contributed by atoms with Gasteiger partial charge in [0.25, 0.3) is 0 Å². The number of piperazine rings is 1. The van der Waals surface area contributed by atoms with Crippen molar-refractivity contribution in [1.82, 2.24) is 35.7 Å². The predicted molar refractivity (Wildman–Crippen MR) is 105 cm³/mol. The zero-order valence-electron chi connectivity index (χ0n) is 15.6. The molecule has 1 aromatic carbocycles. The molecular weight excluding hydrogens is 366 g/mol. The van der Waals surface area contributed by atoms with E-state index in [9.17, 15) is 4.79 Å². The van der Waals surface area contributed by atoms with Gasteiger partial charge in [-0.25, -0.2) is 0 Å². The van der Waals surface area contributed by atoms with E-state index in [1.165, 1.54) is 4.80 Å². The lowest BCUT2D eigenvalue weighted by Crippen LogP contribution is -2.44. The van der Waals surface area contributed by atoms with E-state index < -0.39 is 6.04 Å². The van der Waals surface area contributed by atoms with Crippen LogP contribution in [0.1, 0.15) is 25.8 Å². The molecule has 1 saturated heterocycles. The summed E-state index contributed by atoms with van der Waals surface area (Å²) in [5.41, 5.74) is 0.817. The minimum absolute atomic E-state index is 0.0714. The minimum atomic E-state index is -0.460. The van der Waals surface area contributed by atoms with Crippen molar-refractivity contribution in [3.63, 3.8) is 0 Å². The quantitative estimate of drug-likeness (QED) is 0.660. The average molecular weight is 392 g/mol. The Kier molecular flexibility index (Phi) is 7.14. The largest absolute Gasteiger partial charge is 0.354 e. The predicted octanol–water partition coefficient (Wildman–Crippen LogP) is 1.36. The van der Waals surface area contributed by atoms with Crippen molar-refractivity contribution < 1.29 is 4.79 Å². The number of hydrogen-bond donors (Lipinski definition) is 2. The monoisotopic (exact) mass is 391 g/mol. The summed E-state index contributed by atoms with van der Waals surface area (Å²) >= 11 is 5.91. The Balaban J connectivity index is 1.51. The van der Waals surface area contributed by atoms with Crippen LogP contribution >= 0.6 is 11.6 Å². The van der Waals surface area contributed by atoms with Crippen molar-refractivity contribution in [1.29, 1.82) is 0 Å². The third kappa shape index (κ3) is 5.47. The Morgan fingerprint density at radius 1 is 1.30 bits per heavy atom. The molecule has 0 aliphatic carbocycles. The summed E-state index contributed by atoms with van der Waals surface area (Å²) in [4.78, 5) is 16.3. The van der Waals surface area contributed by atoms with Crippen LogP contribution in [0.3, 0.4) is 0 Å². The second-order valence-electron chi connectivity index (χ2n) is 6.60. The molecule has 27 heavy (non-hydrogen) atoms. The van der Waals surface area contributed by atoms with Gasteiger partial charge < -0.3 is 15.5 Å². The number of aromatic nitrogens is 4. The van der Waals surface area contributed by atoms with Gasteiger partial charge in [-0.1, -0.05) is 18.5 Å². The summed E-state index contributed by atoms with van der Waals surface area (Å²) in [6, 6.07) is 6.76. The van der Waals surface area contributed by atoms with Crippen LogP contribution in [0.2, 0.25) is 5.02 Å². The molecule has 1 amide bonds. The number of nitrogens with one attached hydrogen (secondary N) is 2.